The van der Waals surface area contributed by atoms with Gasteiger partial charge in [0.15, 0.2) is 0 Å². The van der Waals surface area contributed by atoms with Crippen molar-refractivity contribution in [3.05, 3.63) is 164 Å². The van der Waals surface area contributed by atoms with Gasteiger partial charge in [-0.1, -0.05) is 121 Å². The lowest BCUT2D eigenvalue weighted by molar-refractivity contribution is 0.669. The average molecular weight is 562 g/mol. The molecule has 0 saturated heterocycles. The highest BCUT2D eigenvalue weighted by Gasteiger charge is 2.20. The van der Waals surface area contributed by atoms with Crippen LogP contribution in [0.5, 0.6) is 0 Å². The van der Waals surface area contributed by atoms with Crippen molar-refractivity contribution in [1.29, 1.82) is 0 Å². The fourth-order valence-electron chi connectivity index (χ4n) is 6.76. The number of rotatable bonds is 4. The van der Waals surface area contributed by atoms with Crippen LogP contribution in [0, 0.1) is 0 Å². The molecule has 0 amide bonds. The highest BCUT2D eigenvalue weighted by molar-refractivity contribution is 6.18. The standard InChI is InChI=1S/C42H27NO/c1-2-9-28(10-3-1)29-17-21-32(22-18-29)43(39-14-8-16-41-42(39)38-13-6-7-15-40(38)44-41)33-23-26-35-31(27-33)20-25-36-34-12-5-4-11-30(34)19-24-37(35)36/h1-27H. The van der Waals surface area contributed by atoms with Crippen molar-refractivity contribution in [1.82, 2.24) is 0 Å². The Morgan fingerprint density at radius 1 is 0.364 bits per heavy atom. The molecule has 2 heteroatoms. The van der Waals surface area contributed by atoms with Crippen molar-refractivity contribution in [3.8, 4) is 11.1 Å². The Morgan fingerprint density at radius 3 is 1.82 bits per heavy atom. The number of para-hydroxylation sites is 1. The summed E-state index contributed by atoms with van der Waals surface area (Å²) in [6.45, 7) is 0. The normalized spacial score (nSPS) is 11.6. The number of hydrogen-bond acceptors (Lipinski definition) is 2. The molecule has 0 aliphatic rings. The first kappa shape index (κ1) is 24.7. The molecule has 44 heavy (non-hydrogen) atoms. The zero-order chi connectivity index (χ0) is 29.0. The minimum absolute atomic E-state index is 0.883. The molecule has 8 aromatic carbocycles. The van der Waals surface area contributed by atoms with E-state index in [0.717, 1.165) is 39.0 Å². The Hall–Kier alpha value is -5.86. The van der Waals surface area contributed by atoms with Crippen molar-refractivity contribution < 1.29 is 4.42 Å². The highest BCUT2D eigenvalue weighted by Crippen LogP contribution is 2.44. The first-order chi connectivity index (χ1) is 21.8. The molecule has 2 nitrogen and oxygen atoms in total. The number of hydrogen-bond donors (Lipinski definition) is 0. The monoisotopic (exact) mass is 561 g/mol. The highest BCUT2D eigenvalue weighted by atomic mass is 16.3. The summed E-state index contributed by atoms with van der Waals surface area (Å²) in [5.74, 6) is 0. The van der Waals surface area contributed by atoms with Gasteiger partial charge in [0.1, 0.15) is 11.2 Å². The lowest BCUT2D eigenvalue weighted by Crippen LogP contribution is -2.10. The number of nitrogens with zero attached hydrogens (tertiary/aromatic N) is 1. The molecule has 0 bridgehead atoms. The van der Waals surface area contributed by atoms with E-state index in [9.17, 15) is 0 Å². The molecule has 0 fully saturated rings. The van der Waals surface area contributed by atoms with Crippen LogP contribution in [0.25, 0.3) is 65.4 Å². The van der Waals surface area contributed by atoms with Crippen molar-refractivity contribution in [2.24, 2.45) is 0 Å². The van der Waals surface area contributed by atoms with Gasteiger partial charge in [-0.3, -0.25) is 0 Å². The van der Waals surface area contributed by atoms with Gasteiger partial charge >= 0.3 is 0 Å². The van der Waals surface area contributed by atoms with Crippen LogP contribution in [-0.4, -0.2) is 0 Å². The maximum Gasteiger partial charge on any atom is 0.137 e. The second-order valence-corrected chi connectivity index (χ2v) is 11.3. The minimum Gasteiger partial charge on any atom is -0.456 e. The Labute approximate surface area is 255 Å². The maximum atomic E-state index is 6.32. The van der Waals surface area contributed by atoms with Crippen LogP contribution >= 0.6 is 0 Å². The van der Waals surface area contributed by atoms with Crippen LogP contribution < -0.4 is 4.90 Å². The third kappa shape index (κ3) is 3.89. The van der Waals surface area contributed by atoms with E-state index in [2.05, 4.69) is 157 Å². The number of furan rings is 1. The van der Waals surface area contributed by atoms with E-state index in [0.29, 0.717) is 0 Å². The molecule has 9 aromatic rings. The summed E-state index contributed by atoms with van der Waals surface area (Å²) in [6, 6.07) is 58.6. The van der Waals surface area contributed by atoms with Crippen molar-refractivity contribution in [2.45, 2.75) is 0 Å². The fraction of sp³-hybridized carbons (Fsp3) is 0. The maximum absolute atomic E-state index is 6.32. The van der Waals surface area contributed by atoms with E-state index in [1.54, 1.807) is 0 Å². The van der Waals surface area contributed by atoms with Crippen LogP contribution in [0.1, 0.15) is 0 Å². The quantitative estimate of drug-likeness (QED) is 0.199. The van der Waals surface area contributed by atoms with Gasteiger partial charge in [-0.25, -0.2) is 0 Å². The molecular formula is C42H27NO. The van der Waals surface area contributed by atoms with E-state index >= 15 is 0 Å². The van der Waals surface area contributed by atoms with Crippen LogP contribution in [0.4, 0.5) is 17.1 Å². The molecule has 0 atom stereocenters. The molecular weight excluding hydrogens is 534 g/mol. The van der Waals surface area contributed by atoms with Crippen molar-refractivity contribution in [3.63, 3.8) is 0 Å². The Kier molecular flexibility index (Phi) is 5.54. The van der Waals surface area contributed by atoms with Crippen LogP contribution in [0.2, 0.25) is 0 Å². The topological polar surface area (TPSA) is 16.4 Å². The molecule has 1 heterocycles. The number of anilines is 3. The molecule has 0 spiro atoms. The second kappa shape index (κ2) is 9.86. The molecule has 0 N–H and O–H groups in total. The van der Waals surface area contributed by atoms with Crippen LogP contribution in [0.15, 0.2) is 168 Å². The fourth-order valence-corrected chi connectivity index (χ4v) is 6.76. The molecule has 0 radical (unpaired) electrons. The minimum atomic E-state index is 0.883. The van der Waals surface area contributed by atoms with Gasteiger partial charge in [0, 0.05) is 16.8 Å². The summed E-state index contributed by atoms with van der Waals surface area (Å²) >= 11 is 0. The summed E-state index contributed by atoms with van der Waals surface area (Å²) < 4.78 is 6.32. The Balaban J connectivity index is 1.27. The Bertz CT molecular complexity index is 2490. The van der Waals surface area contributed by atoms with E-state index in [1.165, 1.54) is 43.4 Å². The molecule has 0 saturated carbocycles. The molecule has 0 aliphatic heterocycles. The summed E-state index contributed by atoms with van der Waals surface area (Å²) in [6.07, 6.45) is 0. The van der Waals surface area contributed by atoms with Gasteiger partial charge < -0.3 is 9.32 Å². The van der Waals surface area contributed by atoms with Gasteiger partial charge in [0.05, 0.1) is 11.1 Å². The van der Waals surface area contributed by atoms with E-state index in [1.807, 2.05) is 12.1 Å². The first-order valence-corrected chi connectivity index (χ1v) is 15.0. The van der Waals surface area contributed by atoms with Crippen molar-refractivity contribution >= 4 is 71.3 Å². The zero-order valence-corrected chi connectivity index (χ0v) is 23.9. The second-order valence-electron chi connectivity index (χ2n) is 11.3. The zero-order valence-electron chi connectivity index (χ0n) is 23.9. The third-order valence-electron chi connectivity index (χ3n) is 8.84. The lowest BCUT2D eigenvalue weighted by atomic mass is 9.96. The third-order valence-corrected chi connectivity index (χ3v) is 8.84. The molecule has 9 rings (SSSR count). The smallest absolute Gasteiger partial charge is 0.137 e. The van der Waals surface area contributed by atoms with Gasteiger partial charge in [-0.2, -0.15) is 0 Å². The molecule has 206 valence electrons. The molecule has 1 aromatic heterocycles. The van der Waals surface area contributed by atoms with E-state index in [4.69, 9.17) is 4.42 Å². The van der Waals surface area contributed by atoms with Crippen LogP contribution in [-0.2, 0) is 0 Å². The van der Waals surface area contributed by atoms with E-state index < -0.39 is 0 Å². The largest absolute Gasteiger partial charge is 0.456 e. The van der Waals surface area contributed by atoms with Gasteiger partial charge in [0.25, 0.3) is 0 Å². The predicted octanol–water partition coefficient (Wildman–Crippen LogP) is 12.2. The summed E-state index contributed by atoms with van der Waals surface area (Å²) in [4.78, 5) is 2.36. The Morgan fingerprint density at radius 2 is 0.977 bits per heavy atom. The van der Waals surface area contributed by atoms with Crippen LogP contribution in [0.3, 0.4) is 0 Å². The van der Waals surface area contributed by atoms with Gasteiger partial charge in [-0.15, -0.1) is 0 Å². The van der Waals surface area contributed by atoms with Gasteiger partial charge in [0.2, 0.25) is 0 Å². The summed E-state index contributed by atoms with van der Waals surface area (Å²) in [5.41, 5.74) is 7.46. The number of fused-ring (bicyclic) bond motifs is 8. The summed E-state index contributed by atoms with van der Waals surface area (Å²) in [5, 5.41) is 9.80. The average Bonchev–Trinajstić information content (AvgIpc) is 3.48. The lowest BCUT2D eigenvalue weighted by Gasteiger charge is -2.27. The van der Waals surface area contributed by atoms with Crippen molar-refractivity contribution in [2.75, 3.05) is 4.90 Å². The molecule has 0 aliphatic carbocycles. The van der Waals surface area contributed by atoms with Gasteiger partial charge in [-0.05, 0) is 85.9 Å². The predicted molar refractivity (Wildman–Crippen MR) is 186 cm³/mol. The number of benzene rings is 8. The van der Waals surface area contributed by atoms with E-state index in [-0.39, 0.29) is 0 Å². The summed E-state index contributed by atoms with van der Waals surface area (Å²) in [7, 11) is 0. The first-order valence-electron chi connectivity index (χ1n) is 15.0. The SMILES string of the molecule is c1ccc(-c2ccc(N(c3ccc4c(ccc5c6ccccc6ccc45)c3)c3cccc4oc5ccccc5c34)cc2)cc1. The molecule has 0 unspecified atom stereocenters.